The molecule has 0 atom stereocenters. The zero-order valence-electron chi connectivity index (χ0n) is 10.2. The molecule has 1 rings (SSSR count). The van der Waals surface area contributed by atoms with E-state index < -0.39 is 18.5 Å². The maximum absolute atomic E-state index is 12.2. The van der Waals surface area contributed by atoms with Crippen LogP contribution < -0.4 is 0 Å². The van der Waals surface area contributed by atoms with E-state index in [0.29, 0.717) is 0 Å². The standard InChI is InChI=1S/C12H18N2O4/c1-2-6-13(9-11(16)17)12(18)14(7-8-15)10-4-3-5-10/h1,10,15H,3-9H2,(H,16,17). The lowest BCUT2D eigenvalue weighted by atomic mass is 9.91. The van der Waals surface area contributed by atoms with Gasteiger partial charge in [0.15, 0.2) is 0 Å². The number of hydrogen-bond donors (Lipinski definition) is 2. The quantitative estimate of drug-likeness (QED) is 0.652. The molecule has 0 aliphatic heterocycles. The molecule has 0 heterocycles. The van der Waals surface area contributed by atoms with Crippen molar-refractivity contribution in [3.63, 3.8) is 0 Å². The average molecular weight is 254 g/mol. The molecule has 2 N–H and O–H groups in total. The third kappa shape index (κ3) is 3.64. The average Bonchev–Trinajstić information content (AvgIpc) is 2.24. The third-order valence-corrected chi connectivity index (χ3v) is 2.98. The Morgan fingerprint density at radius 1 is 1.39 bits per heavy atom. The van der Waals surface area contributed by atoms with E-state index in [9.17, 15) is 9.59 Å². The SMILES string of the molecule is C#CCN(CC(=O)O)C(=O)N(CCO)C1CCC1. The van der Waals surface area contributed by atoms with Crippen LogP contribution in [0, 0.1) is 12.3 Å². The summed E-state index contributed by atoms with van der Waals surface area (Å²) in [6.45, 7) is -0.388. The van der Waals surface area contributed by atoms with Crippen LogP contribution in [-0.4, -0.2) is 64.3 Å². The smallest absolute Gasteiger partial charge is 0.323 e. The second-order valence-corrected chi connectivity index (χ2v) is 4.24. The predicted octanol–water partition coefficient (Wildman–Crippen LogP) is -0.0270. The topological polar surface area (TPSA) is 81.1 Å². The molecule has 2 amide bonds. The molecule has 0 aromatic rings. The first-order valence-corrected chi connectivity index (χ1v) is 5.91. The van der Waals surface area contributed by atoms with Crippen molar-refractivity contribution in [2.75, 3.05) is 26.2 Å². The molecule has 0 unspecified atom stereocenters. The molecule has 0 bridgehead atoms. The van der Waals surface area contributed by atoms with Gasteiger partial charge in [-0.1, -0.05) is 5.92 Å². The fraction of sp³-hybridized carbons (Fsp3) is 0.667. The summed E-state index contributed by atoms with van der Waals surface area (Å²) in [4.78, 5) is 25.5. The number of terminal acetylenes is 1. The molecule has 0 saturated heterocycles. The van der Waals surface area contributed by atoms with Crippen molar-refractivity contribution < 1.29 is 19.8 Å². The summed E-state index contributed by atoms with van der Waals surface area (Å²) in [7, 11) is 0. The number of nitrogens with zero attached hydrogens (tertiary/aromatic N) is 2. The van der Waals surface area contributed by atoms with Crippen molar-refractivity contribution in [3.05, 3.63) is 0 Å². The van der Waals surface area contributed by atoms with E-state index in [0.717, 1.165) is 24.2 Å². The highest BCUT2D eigenvalue weighted by Gasteiger charge is 2.31. The van der Waals surface area contributed by atoms with Crippen molar-refractivity contribution in [3.8, 4) is 12.3 Å². The van der Waals surface area contributed by atoms with Crippen LogP contribution in [0.1, 0.15) is 19.3 Å². The van der Waals surface area contributed by atoms with Gasteiger partial charge in [0.1, 0.15) is 6.54 Å². The Morgan fingerprint density at radius 3 is 2.44 bits per heavy atom. The number of aliphatic hydroxyl groups is 1. The summed E-state index contributed by atoms with van der Waals surface area (Å²) in [5, 5.41) is 17.7. The molecule has 1 fully saturated rings. The maximum atomic E-state index is 12.2. The molecule has 1 aliphatic rings. The number of carboxylic acids is 1. The van der Waals surface area contributed by atoms with Crippen LogP contribution >= 0.6 is 0 Å². The van der Waals surface area contributed by atoms with Gasteiger partial charge >= 0.3 is 12.0 Å². The molecule has 0 aromatic carbocycles. The van der Waals surface area contributed by atoms with E-state index in [-0.39, 0.29) is 25.7 Å². The molecule has 1 aliphatic carbocycles. The Balaban J connectivity index is 2.70. The normalized spacial score (nSPS) is 14.4. The molecule has 100 valence electrons. The van der Waals surface area contributed by atoms with Gasteiger partial charge in [-0.3, -0.25) is 4.79 Å². The van der Waals surface area contributed by atoms with Gasteiger partial charge in [0, 0.05) is 12.6 Å². The van der Waals surface area contributed by atoms with Crippen molar-refractivity contribution in [1.82, 2.24) is 9.80 Å². The van der Waals surface area contributed by atoms with Crippen molar-refractivity contribution in [2.24, 2.45) is 0 Å². The number of amides is 2. The molecular weight excluding hydrogens is 236 g/mol. The Morgan fingerprint density at radius 2 is 2.06 bits per heavy atom. The lowest BCUT2D eigenvalue weighted by Gasteiger charge is -2.39. The number of urea groups is 1. The highest BCUT2D eigenvalue weighted by Crippen LogP contribution is 2.25. The maximum Gasteiger partial charge on any atom is 0.323 e. The number of carboxylic acid groups (broad SMARTS) is 1. The second-order valence-electron chi connectivity index (χ2n) is 4.24. The molecule has 0 radical (unpaired) electrons. The lowest BCUT2D eigenvalue weighted by Crippen LogP contribution is -2.52. The predicted molar refractivity (Wildman–Crippen MR) is 64.9 cm³/mol. The molecular formula is C12H18N2O4. The monoisotopic (exact) mass is 254 g/mol. The minimum absolute atomic E-state index is 0.0419. The van der Waals surface area contributed by atoms with E-state index in [1.165, 1.54) is 4.90 Å². The Labute approximate surface area is 106 Å². The summed E-state index contributed by atoms with van der Waals surface area (Å²) in [5.41, 5.74) is 0. The first-order chi connectivity index (χ1) is 8.60. The highest BCUT2D eigenvalue weighted by atomic mass is 16.4. The molecule has 1 saturated carbocycles. The van der Waals surface area contributed by atoms with Crippen molar-refractivity contribution in [2.45, 2.75) is 25.3 Å². The summed E-state index contributed by atoms with van der Waals surface area (Å²) >= 11 is 0. The molecule has 6 heteroatoms. The van der Waals surface area contributed by atoms with Gasteiger partial charge in [-0.2, -0.15) is 0 Å². The number of rotatable bonds is 6. The number of hydrogen-bond acceptors (Lipinski definition) is 3. The summed E-state index contributed by atoms with van der Waals surface area (Å²) < 4.78 is 0. The summed E-state index contributed by atoms with van der Waals surface area (Å²) in [6.07, 6.45) is 7.97. The van der Waals surface area contributed by atoms with E-state index in [1.807, 2.05) is 0 Å². The van der Waals surface area contributed by atoms with Gasteiger partial charge in [-0.15, -0.1) is 6.42 Å². The van der Waals surface area contributed by atoms with Crippen LogP contribution in [0.2, 0.25) is 0 Å². The number of carbonyl (C=O) groups excluding carboxylic acids is 1. The van der Waals surface area contributed by atoms with Gasteiger partial charge in [0.2, 0.25) is 0 Å². The van der Waals surface area contributed by atoms with Crippen LogP contribution in [0.5, 0.6) is 0 Å². The Kier molecular flexibility index (Phi) is 5.46. The fourth-order valence-electron chi connectivity index (χ4n) is 1.89. The molecule has 6 nitrogen and oxygen atoms in total. The largest absolute Gasteiger partial charge is 0.480 e. The van der Waals surface area contributed by atoms with E-state index >= 15 is 0 Å². The zero-order valence-corrected chi connectivity index (χ0v) is 10.2. The van der Waals surface area contributed by atoms with E-state index in [2.05, 4.69) is 5.92 Å². The van der Waals surface area contributed by atoms with E-state index in [1.54, 1.807) is 0 Å². The van der Waals surface area contributed by atoms with Gasteiger partial charge in [0.05, 0.1) is 13.2 Å². The minimum atomic E-state index is -1.10. The Hall–Kier alpha value is -1.74. The zero-order chi connectivity index (χ0) is 13.5. The number of carbonyl (C=O) groups is 2. The van der Waals surface area contributed by atoms with Crippen LogP contribution in [0.15, 0.2) is 0 Å². The van der Waals surface area contributed by atoms with Crippen LogP contribution in [0.4, 0.5) is 4.79 Å². The van der Waals surface area contributed by atoms with Crippen LogP contribution in [0.25, 0.3) is 0 Å². The van der Waals surface area contributed by atoms with Gasteiger partial charge in [-0.05, 0) is 19.3 Å². The first kappa shape index (κ1) is 14.3. The summed E-state index contributed by atoms with van der Waals surface area (Å²) in [5.74, 6) is 1.18. The molecule has 0 spiro atoms. The minimum Gasteiger partial charge on any atom is -0.480 e. The van der Waals surface area contributed by atoms with Crippen LogP contribution in [0.3, 0.4) is 0 Å². The van der Waals surface area contributed by atoms with Gasteiger partial charge < -0.3 is 20.0 Å². The Bertz CT molecular complexity index is 346. The van der Waals surface area contributed by atoms with Gasteiger partial charge in [0.25, 0.3) is 0 Å². The van der Waals surface area contributed by atoms with Gasteiger partial charge in [-0.25, -0.2) is 4.79 Å². The fourth-order valence-corrected chi connectivity index (χ4v) is 1.89. The third-order valence-electron chi connectivity index (χ3n) is 2.98. The van der Waals surface area contributed by atoms with Crippen molar-refractivity contribution in [1.29, 1.82) is 0 Å². The van der Waals surface area contributed by atoms with E-state index in [4.69, 9.17) is 16.6 Å². The number of aliphatic hydroxyl groups excluding tert-OH is 1. The summed E-state index contributed by atoms with van der Waals surface area (Å²) in [6, 6.07) is -0.312. The van der Waals surface area contributed by atoms with Crippen LogP contribution in [-0.2, 0) is 4.79 Å². The highest BCUT2D eigenvalue weighted by molar-refractivity contribution is 5.80. The molecule has 18 heavy (non-hydrogen) atoms. The molecule has 0 aromatic heterocycles. The number of aliphatic carboxylic acids is 1. The van der Waals surface area contributed by atoms with Crippen molar-refractivity contribution >= 4 is 12.0 Å². The first-order valence-electron chi connectivity index (χ1n) is 5.91. The lowest BCUT2D eigenvalue weighted by molar-refractivity contribution is -0.137. The second kappa shape index (κ2) is 6.87.